The number of hydrogen-bond acceptors (Lipinski definition) is 4. The van der Waals surface area contributed by atoms with Crippen molar-refractivity contribution in [1.82, 2.24) is 0 Å². The molecular weight excluding hydrogens is 324 g/mol. The van der Waals surface area contributed by atoms with Gasteiger partial charge in [0.15, 0.2) is 0 Å². The third-order valence-electron chi connectivity index (χ3n) is 4.71. The van der Waals surface area contributed by atoms with Gasteiger partial charge in [0.1, 0.15) is 11.5 Å². The molecule has 3 rings (SSSR count). The van der Waals surface area contributed by atoms with Gasteiger partial charge in [-0.1, -0.05) is 37.1 Å². The van der Waals surface area contributed by atoms with Crippen LogP contribution in [-0.4, -0.2) is 38.7 Å². The van der Waals surface area contributed by atoms with Crippen molar-refractivity contribution >= 4 is 12.4 Å². The average Bonchev–Trinajstić information content (AvgIpc) is 2.71. The minimum absolute atomic E-state index is 0.233. The largest absolute Gasteiger partial charge is 0.497 e. The molecule has 1 saturated carbocycles. The first-order valence-corrected chi connectivity index (χ1v) is 9.13. The van der Waals surface area contributed by atoms with Crippen LogP contribution < -0.4 is 9.47 Å². The lowest BCUT2D eigenvalue weighted by atomic mass is 9.91. The van der Waals surface area contributed by atoms with Gasteiger partial charge in [-0.2, -0.15) is 0 Å². The first-order valence-electron chi connectivity index (χ1n) is 9.13. The summed E-state index contributed by atoms with van der Waals surface area (Å²) >= 11 is 0. The number of methoxy groups -OCH3 is 2. The van der Waals surface area contributed by atoms with Crippen LogP contribution in [-0.2, 0) is 0 Å². The van der Waals surface area contributed by atoms with Gasteiger partial charge in [0.05, 0.1) is 26.3 Å². The Morgan fingerprint density at radius 2 is 1.23 bits per heavy atom. The molecule has 1 fully saturated rings. The van der Waals surface area contributed by atoms with Crippen molar-refractivity contribution in [3.63, 3.8) is 0 Å². The quantitative estimate of drug-likeness (QED) is 0.717. The van der Waals surface area contributed by atoms with Crippen LogP contribution in [0.15, 0.2) is 58.5 Å². The molecule has 2 aromatic rings. The predicted octanol–water partition coefficient (Wildman–Crippen LogP) is 4.55. The fourth-order valence-electron chi connectivity index (χ4n) is 3.25. The average molecular weight is 350 g/mol. The third kappa shape index (κ3) is 4.94. The van der Waals surface area contributed by atoms with E-state index < -0.39 is 0 Å². The molecule has 2 unspecified atom stereocenters. The molecule has 0 aliphatic heterocycles. The van der Waals surface area contributed by atoms with Gasteiger partial charge >= 0.3 is 0 Å². The van der Waals surface area contributed by atoms with E-state index in [0.29, 0.717) is 0 Å². The van der Waals surface area contributed by atoms with Crippen molar-refractivity contribution < 1.29 is 9.47 Å². The normalized spacial score (nSPS) is 20.5. The molecule has 0 spiro atoms. The van der Waals surface area contributed by atoms with Crippen LogP contribution in [0.3, 0.4) is 0 Å². The Kier molecular flexibility index (Phi) is 6.42. The smallest absolute Gasteiger partial charge is 0.119 e. The molecule has 0 heterocycles. The molecule has 136 valence electrons. The number of aliphatic imine (C=N–C) groups is 2. The van der Waals surface area contributed by atoms with E-state index in [0.717, 1.165) is 35.5 Å². The lowest BCUT2D eigenvalue weighted by Crippen LogP contribution is -2.27. The van der Waals surface area contributed by atoms with Crippen LogP contribution in [0.2, 0.25) is 0 Å². The molecular formula is C22H26N2O2. The Morgan fingerprint density at radius 1 is 0.769 bits per heavy atom. The molecule has 0 saturated heterocycles. The second-order valence-electron chi connectivity index (χ2n) is 6.53. The van der Waals surface area contributed by atoms with Gasteiger partial charge in [0.25, 0.3) is 0 Å². The fraction of sp³-hybridized carbons (Fsp3) is 0.364. The molecule has 1 aliphatic carbocycles. The highest BCUT2D eigenvalue weighted by atomic mass is 16.5. The monoisotopic (exact) mass is 350 g/mol. The number of nitrogens with zero attached hydrogens (tertiary/aromatic N) is 2. The van der Waals surface area contributed by atoms with Crippen molar-refractivity contribution in [1.29, 1.82) is 0 Å². The molecule has 0 radical (unpaired) electrons. The molecule has 26 heavy (non-hydrogen) atoms. The summed E-state index contributed by atoms with van der Waals surface area (Å²) in [7, 11) is 3.36. The van der Waals surface area contributed by atoms with Crippen LogP contribution in [0.1, 0.15) is 36.8 Å². The van der Waals surface area contributed by atoms with E-state index in [1.54, 1.807) is 14.2 Å². The van der Waals surface area contributed by atoms with Crippen LogP contribution in [0.5, 0.6) is 11.5 Å². The van der Waals surface area contributed by atoms with E-state index in [1.165, 1.54) is 12.8 Å². The molecule has 0 aromatic heterocycles. The molecule has 4 nitrogen and oxygen atoms in total. The molecule has 1 aliphatic rings. The SMILES string of the molecule is COc1cccc(C=NC2CCCCC2N=Cc2cccc(OC)c2)c1. The standard InChI is InChI=1S/C22H26N2O2/c1-25-19-9-5-7-17(13-19)15-23-21-11-3-4-12-22(21)24-16-18-8-6-10-20(14-18)26-2/h5-10,13-16,21-22H,3-4,11-12H2,1-2H3. The maximum absolute atomic E-state index is 5.28. The summed E-state index contributed by atoms with van der Waals surface area (Å²) in [6.45, 7) is 0. The van der Waals surface area contributed by atoms with E-state index in [4.69, 9.17) is 19.5 Å². The maximum atomic E-state index is 5.28. The van der Waals surface area contributed by atoms with Gasteiger partial charge in [-0.05, 0) is 48.2 Å². The number of rotatable bonds is 6. The van der Waals surface area contributed by atoms with Crippen molar-refractivity contribution in [3.05, 3.63) is 59.7 Å². The van der Waals surface area contributed by atoms with Crippen molar-refractivity contribution in [2.45, 2.75) is 37.8 Å². The Balaban J connectivity index is 1.70. The molecule has 4 heteroatoms. The fourth-order valence-corrected chi connectivity index (χ4v) is 3.25. The van der Waals surface area contributed by atoms with E-state index in [2.05, 4.69) is 0 Å². The number of benzene rings is 2. The zero-order chi connectivity index (χ0) is 18.2. The third-order valence-corrected chi connectivity index (χ3v) is 4.71. The van der Waals surface area contributed by atoms with Gasteiger partial charge in [-0.3, -0.25) is 9.98 Å². The van der Waals surface area contributed by atoms with Crippen molar-refractivity contribution in [3.8, 4) is 11.5 Å². The van der Waals surface area contributed by atoms with Crippen LogP contribution in [0.25, 0.3) is 0 Å². The molecule has 0 bridgehead atoms. The van der Waals surface area contributed by atoms with Crippen molar-refractivity contribution in [2.75, 3.05) is 14.2 Å². The Labute approximate surface area is 155 Å². The zero-order valence-corrected chi connectivity index (χ0v) is 15.5. The highest BCUT2D eigenvalue weighted by molar-refractivity contribution is 5.81. The van der Waals surface area contributed by atoms with Gasteiger partial charge in [-0.25, -0.2) is 0 Å². The Bertz CT molecular complexity index is 705. The zero-order valence-electron chi connectivity index (χ0n) is 15.5. The summed E-state index contributed by atoms with van der Waals surface area (Å²) in [6, 6.07) is 16.4. The first kappa shape index (κ1) is 18.2. The highest BCUT2D eigenvalue weighted by Crippen LogP contribution is 2.24. The molecule has 0 amide bonds. The van der Waals surface area contributed by atoms with Gasteiger partial charge in [0.2, 0.25) is 0 Å². The Morgan fingerprint density at radius 3 is 1.65 bits per heavy atom. The minimum atomic E-state index is 0.233. The lowest BCUT2D eigenvalue weighted by molar-refractivity contribution is 0.390. The topological polar surface area (TPSA) is 43.2 Å². The second kappa shape index (κ2) is 9.18. The summed E-state index contributed by atoms with van der Waals surface area (Å²) in [6.07, 6.45) is 8.50. The molecule has 2 atom stereocenters. The summed E-state index contributed by atoms with van der Waals surface area (Å²) in [5.74, 6) is 1.70. The minimum Gasteiger partial charge on any atom is -0.497 e. The van der Waals surface area contributed by atoms with Crippen LogP contribution in [0.4, 0.5) is 0 Å². The highest BCUT2D eigenvalue weighted by Gasteiger charge is 2.23. The molecule has 0 N–H and O–H groups in total. The predicted molar refractivity (Wildman–Crippen MR) is 107 cm³/mol. The number of hydrogen-bond donors (Lipinski definition) is 0. The Hall–Kier alpha value is -2.62. The van der Waals surface area contributed by atoms with Gasteiger partial charge in [0, 0.05) is 12.4 Å². The van der Waals surface area contributed by atoms with E-state index >= 15 is 0 Å². The van der Waals surface area contributed by atoms with E-state index in [-0.39, 0.29) is 12.1 Å². The van der Waals surface area contributed by atoms with E-state index in [9.17, 15) is 0 Å². The van der Waals surface area contributed by atoms with Gasteiger partial charge in [-0.15, -0.1) is 0 Å². The molecule has 2 aromatic carbocycles. The van der Waals surface area contributed by atoms with Gasteiger partial charge < -0.3 is 9.47 Å². The van der Waals surface area contributed by atoms with Crippen LogP contribution in [0, 0.1) is 0 Å². The summed E-state index contributed by atoms with van der Waals surface area (Å²) in [4.78, 5) is 9.67. The number of ether oxygens (including phenoxy) is 2. The van der Waals surface area contributed by atoms with Crippen LogP contribution >= 0.6 is 0 Å². The summed E-state index contributed by atoms with van der Waals surface area (Å²) in [5.41, 5.74) is 2.12. The first-order chi connectivity index (χ1) is 12.8. The lowest BCUT2D eigenvalue weighted by Gasteiger charge is -2.25. The van der Waals surface area contributed by atoms with Crippen molar-refractivity contribution in [2.24, 2.45) is 9.98 Å². The second-order valence-corrected chi connectivity index (χ2v) is 6.53. The maximum Gasteiger partial charge on any atom is 0.119 e. The summed E-state index contributed by atoms with van der Waals surface area (Å²) < 4.78 is 10.6. The summed E-state index contributed by atoms with van der Waals surface area (Å²) in [5, 5.41) is 0. The van der Waals surface area contributed by atoms with E-state index in [1.807, 2.05) is 61.0 Å².